The normalized spacial score (nSPS) is 23.1. The van der Waals surface area contributed by atoms with Crippen LogP contribution in [-0.2, 0) is 19.1 Å². The quantitative estimate of drug-likeness (QED) is 0.537. The molecule has 2 unspecified atom stereocenters. The lowest BCUT2D eigenvalue weighted by Crippen LogP contribution is -2.59. The number of amides is 2. The van der Waals surface area contributed by atoms with Crippen molar-refractivity contribution < 1.29 is 19.1 Å². The molecule has 10 nitrogen and oxygen atoms in total. The number of hydrogen-bond acceptors (Lipinski definition) is 8. The number of rotatable bonds is 1. The number of nitrogens with zero attached hydrogens (tertiary/aromatic N) is 5. The zero-order chi connectivity index (χ0) is 23.8. The van der Waals surface area contributed by atoms with Crippen LogP contribution in [0, 0.1) is 0 Å². The Morgan fingerprint density at radius 3 is 2.29 bits per heavy atom. The van der Waals surface area contributed by atoms with Crippen molar-refractivity contribution in [3.63, 3.8) is 0 Å². The lowest BCUT2D eigenvalue weighted by molar-refractivity contribution is -0.122. The van der Waals surface area contributed by atoms with Crippen molar-refractivity contribution >= 4 is 66.7 Å². The fourth-order valence-corrected chi connectivity index (χ4v) is 5.22. The van der Waals surface area contributed by atoms with Gasteiger partial charge >= 0.3 is 0 Å². The van der Waals surface area contributed by atoms with Gasteiger partial charge in [0.05, 0.1) is 37.8 Å². The molecule has 180 valence electrons. The molecule has 6 rings (SSSR count). The van der Waals surface area contributed by atoms with E-state index in [0.29, 0.717) is 38.8 Å². The first-order valence-corrected chi connectivity index (χ1v) is 12.7. The van der Waals surface area contributed by atoms with Gasteiger partial charge in [0.2, 0.25) is 0 Å². The van der Waals surface area contributed by atoms with Gasteiger partial charge in [0.1, 0.15) is 12.1 Å². The molecule has 0 radical (unpaired) electrons. The van der Waals surface area contributed by atoms with Crippen molar-refractivity contribution in [2.75, 3.05) is 66.1 Å². The van der Waals surface area contributed by atoms with Crippen molar-refractivity contribution in [1.29, 1.82) is 0 Å². The monoisotopic (exact) mass is 594 g/mol. The van der Waals surface area contributed by atoms with Crippen LogP contribution in [0.25, 0.3) is 0 Å². The van der Waals surface area contributed by atoms with Gasteiger partial charge in [-0.2, -0.15) is 0 Å². The molecule has 2 atom stereocenters. The highest BCUT2D eigenvalue weighted by molar-refractivity contribution is 9.10. The molecule has 12 heteroatoms. The maximum absolute atomic E-state index is 12.4. The highest BCUT2D eigenvalue weighted by Gasteiger charge is 2.40. The van der Waals surface area contributed by atoms with Crippen LogP contribution >= 0.6 is 31.9 Å². The summed E-state index contributed by atoms with van der Waals surface area (Å²) in [6, 6.07) is 3.56. The van der Waals surface area contributed by atoms with Crippen LogP contribution < -0.4 is 20.0 Å². The molecule has 0 aromatic carbocycles. The van der Waals surface area contributed by atoms with Crippen LogP contribution in [0.5, 0.6) is 0 Å². The topological polar surface area (TPSA) is 100 Å². The average molecular weight is 596 g/mol. The summed E-state index contributed by atoms with van der Waals surface area (Å²) < 4.78 is 12.6. The largest absolute Gasteiger partial charge is 0.377 e. The number of carbonyl (C=O) groups excluding carboxylic acids is 2. The van der Waals surface area contributed by atoms with Gasteiger partial charge in [0.15, 0.2) is 11.6 Å². The molecule has 4 aliphatic heterocycles. The first kappa shape index (κ1) is 23.5. The Kier molecular flexibility index (Phi) is 6.74. The van der Waals surface area contributed by atoms with Crippen LogP contribution in [0.2, 0.25) is 0 Å². The van der Waals surface area contributed by atoms with Crippen LogP contribution in [0.1, 0.15) is 6.92 Å². The van der Waals surface area contributed by atoms with Crippen molar-refractivity contribution in [3.8, 4) is 0 Å². The van der Waals surface area contributed by atoms with E-state index >= 15 is 0 Å². The Morgan fingerprint density at radius 1 is 0.971 bits per heavy atom. The summed E-state index contributed by atoms with van der Waals surface area (Å²) in [5.74, 6) is 1.43. The molecule has 0 bridgehead atoms. The second kappa shape index (κ2) is 9.76. The SMILES string of the molecule is CCN1C(=O)C2COCCN2c2cc(Br)cnc21.O=C1Nc2ncc(Br)cc2N2CCOCC12. The third-order valence-corrected chi connectivity index (χ3v) is 7.06. The van der Waals surface area contributed by atoms with Gasteiger partial charge in [-0.25, -0.2) is 9.97 Å². The summed E-state index contributed by atoms with van der Waals surface area (Å²) in [5.41, 5.74) is 1.97. The molecule has 1 N–H and O–H groups in total. The zero-order valence-electron chi connectivity index (χ0n) is 18.5. The minimum Gasteiger partial charge on any atom is -0.377 e. The number of likely N-dealkylation sites (N-methyl/N-ethyl adjacent to an activating group) is 1. The highest BCUT2D eigenvalue weighted by Crippen LogP contribution is 2.37. The van der Waals surface area contributed by atoms with Crippen LogP contribution in [-0.4, -0.2) is 79.9 Å². The Labute approximate surface area is 213 Å². The van der Waals surface area contributed by atoms with E-state index in [9.17, 15) is 9.59 Å². The van der Waals surface area contributed by atoms with Gasteiger partial charge in [0, 0.05) is 41.0 Å². The van der Waals surface area contributed by atoms with E-state index in [0.717, 1.165) is 39.2 Å². The molecule has 0 aliphatic carbocycles. The molecular formula is C22H24Br2N6O4. The van der Waals surface area contributed by atoms with Gasteiger partial charge < -0.3 is 24.6 Å². The number of morpholine rings is 2. The zero-order valence-corrected chi connectivity index (χ0v) is 21.7. The standard InChI is InChI=1S/C12H14BrN3O2.C10H10BrN3O2/c1-2-15-11-9(5-8(13)6-14-11)16-3-4-18-7-10(16)12(15)17;11-6-3-7-9(12-4-6)13-10(15)8-5-16-2-1-14(7)8/h5-6,10H,2-4,7H2,1H3;3-4,8H,1-2,5H2,(H,12,13,15). The van der Waals surface area contributed by atoms with Crippen molar-refractivity contribution in [2.45, 2.75) is 19.0 Å². The smallest absolute Gasteiger partial charge is 0.253 e. The fourth-order valence-electron chi connectivity index (χ4n) is 4.58. The fraction of sp³-hybridized carbons (Fsp3) is 0.455. The van der Waals surface area contributed by atoms with Gasteiger partial charge in [-0.3, -0.25) is 14.5 Å². The van der Waals surface area contributed by atoms with E-state index < -0.39 is 0 Å². The van der Waals surface area contributed by atoms with Gasteiger partial charge in [-0.1, -0.05) is 0 Å². The number of halogens is 2. The molecule has 6 heterocycles. The lowest BCUT2D eigenvalue weighted by Gasteiger charge is -2.44. The average Bonchev–Trinajstić information content (AvgIpc) is 2.86. The minimum atomic E-state index is -0.225. The molecule has 0 spiro atoms. The van der Waals surface area contributed by atoms with Crippen molar-refractivity contribution in [3.05, 3.63) is 33.5 Å². The summed E-state index contributed by atoms with van der Waals surface area (Å²) in [6.07, 6.45) is 3.41. The third-order valence-electron chi connectivity index (χ3n) is 6.19. The van der Waals surface area contributed by atoms with E-state index in [1.54, 1.807) is 17.3 Å². The summed E-state index contributed by atoms with van der Waals surface area (Å²) in [5, 5.41) is 2.79. The molecule has 2 saturated heterocycles. The molecule has 2 aromatic heterocycles. The predicted molar refractivity (Wildman–Crippen MR) is 134 cm³/mol. The summed E-state index contributed by atoms with van der Waals surface area (Å²) in [6.45, 7) is 6.26. The molecule has 2 aromatic rings. The maximum Gasteiger partial charge on any atom is 0.253 e. The number of pyridine rings is 2. The first-order chi connectivity index (χ1) is 16.5. The molecular weight excluding hydrogens is 572 g/mol. The Bertz CT molecular complexity index is 1120. The van der Waals surface area contributed by atoms with Gasteiger partial charge in [0.25, 0.3) is 11.8 Å². The number of aromatic nitrogens is 2. The minimum absolute atomic E-state index is 0.0398. The molecule has 2 fully saturated rings. The summed E-state index contributed by atoms with van der Waals surface area (Å²) in [4.78, 5) is 38.7. The molecule has 0 saturated carbocycles. The van der Waals surface area contributed by atoms with E-state index in [2.05, 4.69) is 56.9 Å². The van der Waals surface area contributed by atoms with E-state index in [-0.39, 0.29) is 23.9 Å². The Balaban J connectivity index is 0.000000142. The van der Waals surface area contributed by atoms with Crippen LogP contribution in [0.4, 0.5) is 23.0 Å². The molecule has 4 aliphatic rings. The third kappa shape index (κ3) is 4.28. The predicted octanol–water partition coefficient (Wildman–Crippen LogP) is 2.42. The van der Waals surface area contributed by atoms with Crippen LogP contribution in [0.3, 0.4) is 0 Å². The lowest BCUT2D eigenvalue weighted by atomic mass is 10.1. The number of anilines is 4. The van der Waals surface area contributed by atoms with E-state index in [1.165, 1.54) is 0 Å². The Morgan fingerprint density at radius 2 is 1.59 bits per heavy atom. The van der Waals surface area contributed by atoms with E-state index in [1.807, 2.05) is 19.1 Å². The maximum atomic E-state index is 12.4. The number of fused-ring (bicyclic) bond motifs is 6. The number of ether oxygens (including phenoxy) is 2. The molecule has 34 heavy (non-hydrogen) atoms. The first-order valence-electron chi connectivity index (χ1n) is 11.1. The van der Waals surface area contributed by atoms with E-state index in [4.69, 9.17) is 9.47 Å². The van der Waals surface area contributed by atoms with Gasteiger partial charge in [-0.05, 0) is 50.9 Å². The van der Waals surface area contributed by atoms with Crippen LogP contribution in [0.15, 0.2) is 33.5 Å². The second-order valence-electron chi connectivity index (χ2n) is 8.16. The van der Waals surface area contributed by atoms with Crippen molar-refractivity contribution in [2.24, 2.45) is 0 Å². The summed E-state index contributed by atoms with van der Waals surface area (Å²) in [7, 11) is 0. The number of hydrogen-bond donors (Lipinski definition) is 1. The highest BCUT2D eigenvalue weighted by atomic mass is 79.9. The Hall–Kier alpha value is -2.28. The number of nitrogens with one attached hydrogen (secondary N) is 1. The van der Waals surface area contributed by atoms with Crippen molar-refractivity contribution in [1.82, 2.24) is 9.97 Å². The summed E-state index contributed by atoms with van der Waals surface area (Å²) >= 11 is 6.83. The second-order valence-corrected chi connectivity index (χ2v) is 9.99. The van der Waals surface area contributed by atoms with Gasteiger partial charge in [-0.15, -0.1) is 0 Å². The molecule has 2 amide bonds. The number of carbonyl (C=O) groups is 2.